The molecule has 0 radical (unpaired) electrons. The minimum atomic E-state index is -0.689. The Morgan fingerprint density at radius 2 is 2.00 bits per heavy atom. The highest BCUT2D eigenvalue weighted by atomic mass is 19.1. The molecular formula is C15H12F2N2O2. The van der Waals surface area contributed by atoms with Crippen molar-refractivity contribution >= 4 is 17.3 Å². The van der Waals surface area contributed by atoms with Gasteiger partial charge in [-0.2, -0.15) is 0 Å². The average Bonchev–Trinajstić information content (AvgIpc) is 2.44. The predicted octanol–water partition coefficient (Wildman–Crippen LogP) is 2.47. The number of nitrogen functional groups attached to an aromatic ring is 1. The molecule has 1 aliphatic heterocycles. The molecule has 4 nitrogen and oxygen atoms in total. The lowest BCUT2D eigenvalue weighted by Crippen LogP contribution is -2.38. The first-order valence-electron chi connectivity index (χ1n) is 6.31. The number of amides is 1. The van der Waals surface area contributed by atoms with Gasteiger partial charge in [0.2, 0.25) is 0 Å². The summed E-state index contributed by atoms with van der Waals surface area (Å²) in [7, 11) is 0. The van der Waals surface area contributed by atoms with Crippen LogP contribution in [0.1, 0.15) is 5.56 Å². The monoisotopic (exact) mass is 290 g/mol. The van der Waals surface area contributed by atoms with Crippen LogP contribution in [0.5, 0.6) is 5.75 Å². The standard InChI is InChI=1S/C15H12F2N2O2/c16-10-2-1-9(12(17)5-10)7-19-13-4-3-11(18)6-14(13)21-8-15(19)20/h1-6H,7-8,18H2. The molecule has 0 aromatic heterocycles. The smallest absolute Gasteiger partial charge is 0.265 e. The fourth-order valence-electron chi connectivity index (χ4n) is 2.21. The van der Waals surface area contributed by atoms with Gasteiger partial charge >= 0.3 is 0 Å². The first kappa shape index (κ1) is 13.4. The van der Waals surface area contributed by atoms with Gasteiger partial charge in [0, 0.05) is 23.4 Å². The maximum atomic E-state index is 13.7. The highest BCUT2D eigenvalue weighted by Gasteiger charge is 2.26. The Morgan fingerprint density at radius 3 is 2.76 bits per heavy atom. The van der Waals surface area contributed by atoms with Crippen LogP contribution in [0.4, 0.5) is 20.2 Å². The fraction of sp³-hybridized carbons (Fsp3) is 0.133. The van der Waals surface area contributed by atoms with E-state index in [2.05, 4.69) is 0 Å². The Labute approximate surface area is 119 Å². The SMILES string of the molecule is Nc1ccc2c(c1)OCC(=O)N2Cc1ccc(F)cc1F. The molecule has 0 fully saturated rings. The maximum absolute atomic E-state index is 13.7. The predicted molar refractivity (Wildman–Crippen MR) is 73.9 cm³/mol. The lowest BCUT2D eigenvalue weighted by Gasteiger charge is -2.29. The number of rotatable bonds is 2. The number of hydrogen-bond donors (Lipinski definition) is 1. The van der Waals surface area contributed by atoms with E-state index in [1.807, 2.05) is 0 Å². The second kappa shape index (κ2) is 5.05. The van der Waals surface area contributed by atoms with Crippen LogP contribution in [0.25, 0.3) is 0 Å². The first-order valence-corrected chi connectivity index (χ1v) is 6.31. The van der Waals surface area contributed by atoms with E-state index in [9.17, 15) is 13.6 Å². The number of carbonyl (C=O) groups is 1. The van der Waals surface area contributed by atoms with Crippen molar-refractivity contribution in [2.24, 2.45) is 0 Å². The van der Waals surface area contributed by atoms with Gasteiger partial charge in [0.1, 0.15) is 17.4 Å². The Hall–Kier alpha value is -2.63. The molecule has 0 unspecified atom stereocenters. The summed E-state index contributed by atoms with van der Waals surface area (Å²) in [6.45, 7) is -0.134. The van der Waals surface area contributed by atoms with Gasteiger partial charge in [0.25, 0.3) is 5.91 Å². The molecule has 1 aliphatic rings. The molecular weight excluding hydrogens is 278 g/mol. The van der Waals surface area contributed by atoms with Crippen LogP contribution >= 0.6 is 0 Å². The summed E-state index contributed by atoms with van der Waals surface area (Å²) in [5, 5.41) is 0. The largest absolute Gasteiger partial charge is 0.481 e. The summed E-state index contributed by atoms with van der Waals surface area (Å²) in [6.07, 6.45) is 0. The number of hydrogen-bond acceptors (Lipinski definition) is 3. The van der Waals surface area contributed by atoms with Crippen LogP contribution in [-0.2, 0) is 11.3 Å². The third-order valence-corrected chi connectivity index (χ3v) is 3.27. The Morgan fingerprint density at radius 1 is 1.19 bits per heavy atom. The van der Waals surface area contributed by atoms with Crippen molar-refractivity contribution in [2.45, 2.75) is 6.54 Å². The van der Waals surface area contributed by atoms with E-state index in [1.165, 1.54) is 11.0 Å². The summed E-state index contributed by atoms with van der Waals surface area (Å²) in [5.74, 6) is -1.17. The molecule has 2 aromatic rings. The molecule has 3 rings (SSSR count). The van der Waals surface area contributed by atoms with Crippen LogP contribution in [0.15, 0.2) is 36.4 Å². The van der Waals surface area contributed by atoms with E-state index in [4.69, 9.17) is 10.5 Å². The molecule has 21 heavy (non-hydrogen) atoms. The van der Waals surface area contributed by atoms with Crippen LogP contribution in [0, 0.1) is 11.6 Å². The maximum Gasteiger partial charge on any atom is 0.265 e. The summed E-state index contributed by atoms with van der Waals surface area (Å²) >= 11 is 0. The summed E-state index contributed by atoms with van der Waals surface area (Å²) < 4.78 is 32.0. The molecule has 0 spiro atoms. The van der Waals surface area contributed by atoms with Gasteiger partial charge in [-0.1, -0.05) is 6.07 Å². The fourth-order valence-corrected chi connectivity index (χ4v) is 2.21. The minimum Gasteiger partial charge on any atom is -0.481 e. The van der Waals surface area contributed by atoms with Crippen LogP contribution in [-0.4, -0.2) is 12.5 Å². The third kappa shape index (κ3) is 2.52. The molecule has 0 saturated heterocycles. The first-order chi connectivity index (χ1) is 10.0. The van der Waals surface area contributed by atoms with Crippen LogP contribution in [0.2, 0.25) is 0 Å². The van der Waals surface area contributed by atoms with Crippen molar-refractivity contribution in [1.29, 1.82) is 0 Å². The molecule has 0 aliphatic carbocycles. The number of benzene rings is 2. The third-order valence-electron chi connectivity index (χ3n) is 3.27. The van der Waals surface area contributed by atoms with Crippen molar-refractivity contribution in [1.82, 2.24) is 0 Å². The number of carbonyl (C=O) groups excluding carboxylic acids is 1. The van der Waals surface area contributed by atoms with Crippen LogP contribution < -0.4 is 15.4 Å². The van der Waals surface area contributed by atoms with Gasteiger partial charge in [0.05, 0.1) is 12.2 Å². The van der Waals surface area contributed by atoms with Crippen molar-refractivity contribution in [3.05, 3.63) is 53.6 Å². The second-order valence-corrected chi connectivity index (χ2v) is 4.73. The van der Waals surface area contributed by atoms with Gasteiger partial charge in [0.15, 0.2) is 6.61 Å². The van der Waals surface area contributed by atoms with E-state index >= 15 is 0 Å². The molecule has 6 heteroatoms. The highest BCUT2D eigenvalue weighted by Crippen LogP contribution is 2.34. The van der Waals surface area contributed by atoms with Crippen LogP contribution in [0.3, 0.4) is 0 Å². The van der Waals surface area contributed by atoms with E-state index in [1.54, 1.807) is 18.2 Å². The van der Waals surface area contributed by atoms with E-state index in [0.717, 1.165) is 12.1 Å². The van der Waals surface area contributed by atoms with Crippen molar-refractivity contribution in [2.75, 3.05) is 17.2 Å². The number of nitrogens with two attached hydrogens (primary N) is 1. The topological polar surface area (TPSA) is 55.6 Å². The average molecular weight is 290 g/mol. The number of fused-ring (bicyclic) bond motifs is 1. The Bertz CT molecular complexity index is 719. The van der Waals surface area contributed by atoms with Gasteiger partial charge in [-0.05, 0) is 18.2 Å². The normalized spacial score (nSPS) is 13.8. The molecule has 0 saturated carbocycles. The summed E-state index contributed by atoms with van der Waals surface area (Å²) in [5.41, 5.74) is 6.93. The number of nitrogens with zero attached hydrogens (tertiary/aromatic N) is 1. The molecule has 0 atom stereocenters. The second-order valence-electron chi connectivity index (χ2n) is 4.73. The summed E-state index contributed by atoms with van der Waals surface area (Å²) in [6, 6.07) is 8.16. The van der Waals surface area contributed by atoms with E-state index in [0.29, 0.717) is 17.1 Å². The quantitative estimate of drug-likeness (QED) is 0.864. The molecule has 0 bridgehead atoms. The lowest BCUT2D eigenvalue weighted by atomic mass is 10.1. The van der Waals surface area contributed by atoms with E-state index in [-0.39, 0.29) is 24.6 Å². The van der Waals surface area contributed by atoms with Crippen molar-refractivity contribution < 1.29 is 18.3 Å². The molecule has 1 heterocycles. The van der Waals surface area contributed by atoms with Crippen molar-refractivity contribution in [3.8, 4) is 5.75 Å². The van der Waals surface area contributed by atoms with Gasteiger partial charge in [-0.3, -0.25) is 4.79 Å². The zero-order valence-corrected chi connectivity index (χ0v) is 11.0. The summed E-state index contributed by atoms with van der Waals surface area (Å²) in [4.78, 5) is 13.4. The van der Waals surface area contributed by atoms with Gasteiger partial charge in [-0.15, -0.1) is 0 Å². The van der Waals surface area contributed by atoms with Gasteiger partial charge in [-0.25, -0.2) is 8.78 Å². The zero-order chi connectivity index (χ0) is 15.0. The molecule has 1 amide bonds. The van der Waals surface area contributed by atoms with Gasteiger partial charge < -0.3 is 15.4 Å². The Kier molecular flexibility index (Phi) is 3.21. The highest BCUT2D eigenvalue weighted by molar-refractivity contribution is 5.98. The zero-order valence-electron chi connectivity index (χ0n) is 11.0. The molecule has 2 N–H and O–H groups in total. The van der Waals surface area contributed by atoms with E-state index < -0.39 is 11.6 Å². The number of halogens is 2. The lowest BCUT2D eigenvalue weighted by molar-refractivity contribution is -0.121. The minimum absolute atomic E-state index is 0.00518. The number of ether oxygens (including phenoxy) is 1. The van der Waals surface area contributed by atoms with Crippen molar-refractivity contribution in [3.63, 3.8) is 0 Å². The molecule has 108 valence electrons. The Balaban J connectivity index is 1.96. The number of anilines is 2. The molecule has 2 aromatic carbocycles.